The number of rotatable bonds is 0. The molecule has 2 heterocycles. The molecule has 74 valence electrons. The average Bonchev–Trinajstić information content (AvgIpc) is 2.61. The first-order valence-electron chi connectivity index (χ1n) is 4.60. The molecule has 4 heteroatoms. The van der Waals surface area contributed by atoms with E-state index >= 15 is 0 Å². The van der Waals surface area contributed by atoms with Crippen LogP contribution in [-0.2, 0) is 0 Å². The summed E-state index contributed by atoms with van der Waals surface area (Å²) in [6.07, 6.45) is 1.84. The Bertz CT molecular complexity index is 533. The second-order valence-corrected chi connectivity index (χ2v) is 4.32. The second-order valence-electron chi connectivity index (χ2n) is 3.26. The van der Waals surface area contributed by atoms with Crippen molar-refractivity contribution in [1.29, 1.82) is 0 Å². The van der Waals surface area contributed by atoms with Crippen molar-refractivity contribution in [3.05, 3.63) is 48.2 Å². The molecule has 1 aliphatic heterocycles. The summed E-state index contributed by atoms with van der Waals surface area (Å²) in [7, 11) is 0. The quantitative estimate of drug-likeness (QED) is 0.733. The molecular weight excluding hydrogens is 208 g/mol. The number of carbonyl (C=O) groups excluding carboxylic acids is 1. The van der Waals surface area contributed by atoms with E-state index in [2.05, 4.69) is 5.43 Å². The third-order valence-corrected chi connectivity index (χ3v) is 3.40. The average molecular weight is 216 g/mol. The fourth-order valence-electron chi connectivity index (χ4n) is 1.57. The molecule has 1 aromatic heterocycles. The molecule has 1 aromatic carbocycles. The highest BCUT2D eigenvalue weighted by Crippen LogP contribution is 2.32. The summed E-state index contributed by atoms with van der Waals surface area (Å²) in [6, 6.07) is 11.5. The van der Waals surface area contributed by atoms with Crippen LogP contribution in [0.15, 0.2) is 52.5 Å². The van der Waals surface area contributed by atoms with E-state index in [1.807, 2.05) is 42.6 Å². The van der Waals surface area contributed by atoms with Gasteiger partial charge in [-0.2, -0.15) is 0 Å². The minimum atomic E-state index is -0.0620. The molecule has 0 unspecified atom stereocenters. The van der Waals surface area contributed by atoms with Crippen molar-refractivity contribution in [1.82, 2.24) is 4.68 Å². The first-order chi connectivity index (χ1) is 7.34. The van der Waals surface area contributed by atoms with Crippen LogP contribution in [-0.4, -0.2) is 10.6 Å². The number of carbonyl (C=O) groups is 1. The van der Waals surface area contributed by atoms with Gasteiger partial charge in [0, 0.05) is 11.1 Å². The van der Waals surface area contributed by atoms with Gasteiger partial charge in [-0.15, -0.1) is 0 Å². The molecule has 0 saturated heterocycles. The number of nitrogens with one attached hydrogen (secondary N) is 1. The van der Waals surface area contributed by atoms with Crippen LogP contribution in [0.3, 0.4) is 0 Å². The third kappa shape index (κ3) is 1.34. The zero-order valence-corrected chi connectivity index (χ0v) is 8.62. The van der Waals surface area contributed by atoms with E-state index < -0.39 is 0 Å². The van der Waals surface area contributed by atoms with Crippen molar-refractivity contribution >= 4 is 17.7 Å². The van der Waals surface area contributed by atoms with Crippen LogP contribution < -0.4 is 5.43 Å². The molecule has 0 spiro atoms. The summed E-state index contributed by atoms with van der Waals surface area (Å²) in [5, 5.41) is 1.02. The second kappa shape index (κ2) is 3.17. The highest BCUT2D eigenvalue weighted by molar-refractivity contribution is 7.99. The van der Waals surface area contributed by atoms with E-state index in [9.17, 15) is 4.79 Å². The summed E-state index contributed by atoms with van der Waals surface area (Å²) >= 11 is 1.59. The number of benzene rings is 1. The van der Waals surface area contributed by atoms with Gasteiger partial charge in [0.05, 0.1) is 5.56 Å². The van der Waals surface area contributed by atoms with Gasteiger partial charge in [-0.3, -0.25) is 14.9 Å². The lowest BCUT2D eigenvalue weighted by atomic mass is 10.2. The van der Waals surface area contributed by atoms with Gasteiger partial charge in [-0.1, -0.05) is 23.9 Å². The molecule has 1 amide bonds. The molecule has 3 rings (SSSR count). The molecule has 0 radical (unpaired) electrons. The van der Waals surface area contributed by atoms with E-state index in [1.54, 1.807) is 16.4 Å². The smallest absolute Gasteiger partial charge is 0.267 e. The Morgan fingerprint density at radius 2 is 2.00 bits per heavy atom. The van der Waals surface area contributed by atoms with Crippen molar-refractivity contribution < 1.29 is 4.79 Å². The number of amides is 1. The SMILES string of the molecule is O=C1Nn2cccc2Sc2ccccc21. The molecule has 1 N–H and O–H groups in total. The number of nitrogens with zero attached hydrogens (tertiary/aromatic N) is 1. The van der Waals surface area contributed by atoms with Gasteiger partial charge in [-0.05, 0) is 24.3 Å². The Morgan fingerprint density at radius 3 is 2.93 bits per heavy atom. The van der Waals surface area contributed by atoms with Gasteiger partial charge in [0.25, 0.3) is 5.91 Å². The van der Waals surface area contributed by atoms with Crippen LogP contribution in [0.1, 0.15) is 10.4 Å². The van der Waals surface area contributed by atoms with E-state index in [0.29, 0.717) is 0 Å². The largest absolute Gasteiger partial charge is 0.271 e. The fourth-order valence-corrected chi connectivity index (χ4v) is 2.56. The van der Waals surface area contributed by atoms with Crippen LogP contribution in [0, 0.1) is 0 Å². The van der Waals surface area contributed by atoms with Crippen LogP contribution in [0.5, 0.6) is 0 Å². The van der Waals surface area contributed by atoms with Crippen LogP contribution in [0.25, 0.3) is 0 Å². The van der Waals surface area contributed by atoms with Crippen LogP contribution >= 0.6 is 11.8 Å². The lowest BCUT2D eigenvalue weighted by Gasteiger charge is -2.04. The maximum Gasteiger partial charge on any atom is 0.271 e. The predicted molar refractivity (Wildman–Crippen MR) is 58.7 cm³/mol. The molecule has 0 bridgehead atoms. The maximum absolute atomic E-state index is 11.8. The van der Waals surface area contributed by atoms with Crippen molar-refractivity contribution in [3.8, 4) is 0 Å². The first kappa shape index (κ1) is 8.61. The zero-order chi connectivity index (χ0) is 10.3. The Hall–Kier alpha value is -1.68. The molecule has 0 atom stereocenters. The molecular formula is C11H8N2OS. The van der Waals surface area contributed by atoms with E-state index in [4.69, 9.17) is 0 Å². The lowest BCUT2D eigenvalue weighted by molar-refractivity contribution is 0.100. The Morgan fingerprint density at radius 1 is 1.13 bits per heavy atom. The van der Waals surface area contributed by atoms with Gasteiger partial charge >= 0.3 is 0 Å². The number of aromatic nitrogens is 1. The van der Waals surface area contributed by atoms with Crippen molar-refractivity contribution in [2.45, 2.75) is 9.92 Å². The molecule has 0 fully saturated rings. The molecule has 2 aromatic rings. The Labute approximate surface area is 91.1 Å². The minimum Gasteiger partial charge on any atom is -0.267 e. The highest BCUT2D eigenvalue weighted by Gasteiger charge is 2.18. The summed E-state index contributed by atoms with van der Waals surface area (Å²) in [5.41, 5.74) is 3.54. The fraction of sp³-hybridized carbons (Fsp3) is 0. The molecule has 0 aliphatic carbocycles. The third-order valence-electron chi connectivity index (χ3n) is 2.28. The van der Waals surface area contributed by atoms with Gasteiger partial charge < -0.3 is 0 Å². The van der Waals surface area contributed by atoms with E-state index in [1.165, 1.54) is 0 Å². The highest BCUT2D eigenvalue weighted by atomic mass is 32.2. The van der Waals surface area contributed by atoms with Crippen molar-refractivity contribution in [2.75, 3.05) is 5.43 Å². The normalized spacial score (nSPS) is 13.7. The van der Waals surface area contributed by atoms with Crippen molar-refractivity contribution in [3.63, 3.8) is 0 Å². The monoisotopic (exact) mass is 216 g/mol. The molecule has 3 nitrogen and oxygen atoms in total. The zero-order valence-electron chi connectivity index (χ0n) is 7.81. The van der Waals surface area contributed by atoms with Crippen LogP contribution in [0.4, 0.5) is 0 Å². The molecule has 15 heavy (non-hydrogen) atoms. The summed E-state index contributed by atoms with van der Waals surface area (Å²) < 4.78 is 1.74. The topological polar surface area (TPSA) is 34.0 Å². The number of hydrogen-bond acceptors (Lipinski definition) is 2. The molecule has 0 saturated carbocycles. The summed E-state index contributed by atoms with van der Waals surface area (Å²) in [5.74, 6) is -0.0620. The molecule has 1 aliphatic rings. The van der Waals surface area contributed by atoms with Crippen molar-refractivity contribution in [2.24, 2.45) is 0 Å². The van der Waals surface area contributed by atoms with Gasteiger partial charge in [0.1, 0.15) is 5.03 Å². The summed E-state index contributed by atoms with van der Waals surface area (Å²) in [4.78, 5) is 12.8. The first-order valence-corrected chi connectivity index (χ1v) is 5.42. The van der Waals surface area contributed by atoms with E-state index in [0.717, 1.165) is 15.5 Å². The van der Waals surface area contributed by atoms with Gasteiger partial charge in [0.15, 0.2) is 0 Å². The van der Waals surface area contributed by atoms with Gasteiger partial charge in [-0.25, -0.2) is 0 Å². The van der Waals surface area contributed by atoms with Crippen LogP contribution in [0.2, 0.25) is 0 Å². The Balaban J connectivity index is 2.19. The van der Waals surface area contributed by atoms with E-state index in [-0.39, 0.29) is 5.91 Å². The Kier molecular flexibility index (Phi) is 1.82. The number of fused-ring (bicyclic) bond motifs is 2. The predicted octanol–water partition coefficient (Wildman–Crippen LogP) is 2.34. The maximum atomic E-state index is 11.8. The lowest BCUT2D eigenvalue weighted by Crippen LogP contribution is -2.21. The number of hydrogen-bond donors (Lipinski definition) is 1. The minimum absolute atomic E-state index is 0.0620. The van der Waals surface area contributed by atoms with Gasteiger partial charge in [0.2, 0.25) is 0 Å². The standard InChI is InChI=1S/C11H8N2OS/c14-11-8-4-1-2-5-9(8)15-10-6-3-7-13(10)12-11/h1-7H,(H,12,14). The summed E-state index contributed by atoms with van der Waals surface area (Å²) in [6.45, 7) is 0.